The number of benzene rings is 1. The van der Waals surface area contributed by atoms with Crippen LogP contribution in [-0.4, -0.2) is 5.11 Å². The summed E-state index contributed by atoms with van der Waals surface area (Å²) >= 11 is 0. The summed E-state index contributed by atoms with van der Waals surface area (Å²) in [6.07, 6.45) is -14.2. The van der Waals surface area contributed by atoms with Gasteiger partial charge in [0.1, 0.15) is 5.75 Å². The van der Waals surface area contributed by atoms with Crippen molar-refractivity contribution in [3.8, 4) is 5.75 Å². The zero-order chi connectivity index (χ0) is 20.0. The molecular formula is C11H14O. The molecule has 0 aromatic heterocycles. The van der Waals surface area contributed by atoms with Crippen LogP contribution in [0.1, 0.15) is 54.8 Å². The average molecular weight is 175 g/mol. The molecule has 2 rings (SSSR count). The van der Waals surface area contributed by atoms with Crippen molar-refractivity contribution in [3.63, 3.8) is 0 Å². The quantitative estimate of drug-likeness (QED) is 0.695. The third-order valence-electron chi connectivity index (χ3n) is 1.30. The van der Waals surface area contributed by atoms with Crippen LogP contribution in [0.3, 0.4) is 0 Å². The smallest absolute Gasteiger partial charge is 0.115 e. The number of rotatable bonds is 1. The van der Waals surface area contributed by atoms with Gasteiger partial charge in [-0.3, -0.25) is 0 Å². The first-order valence-corrected chi connectivity index (χ1v) is 3.22. The van der Waals surface area contributed by atoms with Crippen LogP contribution < -0.4 is 0 Å². The Hall–Kier alpha value is -0.980. The fourth-order valence-corrected chi connectivity index (χ4v) is 0.803. The van der Waals surface area contributed by atoms with Gasteiger partial charge in [-0.15, -0.1) is 0 Å². The summed E-state index contributed by atoms with van der Waals surface area (Å²) < 4.78 is 102. The van der Waals surface area contributed by atoms with Gasteiger partial charge in [-0.2, -0.15) is 0 Å². The largest absolute Gasteiger partial charge is 0.508 e. The standard InChI is InChI=1S/C11H14O/c12-11-7-3-6-10(8-11)9-4-1-2-5-9/h3,6-9,12H,1-2,4-5H2/i1D2,2D2,3D,4D2,5D2,6D,7D,8D,9D. The van der Waals surface area contributed by atoms with Crippen LogP contribution >= 0.6 is 0 Å². The van der Waals surface area contributed by atoms with Crippen molar-refractivity contribution in [1.29, 1.82) is 0 Å². The van der Waals surface area contributed by atoms with E-state index in [0.717, 1.165) is 0 Å². The van der Waals surface area contributed by atoms with E-state index in [0.29, 0.717) is 0 Å². The van der Waals surface area contributed by atoms with Gasteiger partial charge in [-0.05, 0) is 36.3 Å². The van der Waals surface area contributed by atoms with Gasteiger partial charge in [0.05, 0.1) is 5.48 Å². The number of phenols is 1. The van der Waals surface area contributed by atoms with Crippen LogP contribution in [0.2, 0.25) is 0 Å². The Labute approximate surface area is 91.3 Å². The lowest BCUT2D eigenvalue weighted by Gasteiger charge is -2.08. The van der Waals surface area contributed by atoms with Crippen molar-refractivity contribution >= 4 is 0 Å². The molecule has 1 saturated carbocycles. The molecule has 0 heterocycles. The summed E-state index contributed by atoms with van der Waals surface area (Å²) in [5, 5.41) is 9.77. The minimum atomic E-state index is -3.57. The Morgan fingerprint density at radius 1 is 1.50 bits per heavy atom. The highest BCUT2D eigenvalue weighted by Gasteiger charge is 2.16. The molecule has 1 fully saturated rings. The van der Waals surface area contributed by atoms with Crippen molar-refractivity contribution in [3.05, 3.63) is 29.7 Å². The first kappa shape index (κ1) is 1.77. The maximum atomic E-state index is 9.77. The van der Waals surface area contributed by atoms with Gasteiger partial charge in [0.25, 0.3) is 0 Å². The summed E-state index contributed by atoms with van der Waals surface area (Å²) in [5.41, 5.74) is -1.17. The second kappa shape index (κ2) is 3.18. The Morgan fingerprint density at radius 3 is 3.00 bits per heavy atom. The molecule has 0 radical (unpaired) electrons. The molecule has 1 nitrogen and oxygen atoms in total. The van der Waals surface area contributed by atoms with E-state index in [4.69, 9.17) is 17.8 Å². The Bertz CT molecular complexity index is 698. The molecule has 0 spiro atoms. The van der Waals surface area contributed by atoms with E-state index >= 15 is 0 Å². The van der Waals surface area contributed by atoms with E-state index in [1.165, 1.54) is 0 Å². The van der Waals surface area contributed by atoms with Gasteiger partial charge in [-0.1, -0.05) is 24.8 Å². The van der Waals surface area contributed by atoms with Crippen molar-refractivity contribution in [2.24, 2.45) is 0 Å². The molecule has 0 aliphatic heterocycles. The maximum Gasteiger partial charge on any atom is 0.115 e. The summed E-state index contributed by atoms with van der Waals surface area (Å²) in [6.45, 7) is 0. The van der Waals surface area contributed by atoms with E-state index in [1.807, 2.05) is 0 Å². The highest BCUT2D eigenvalue weighted by Crippen LogP contribution is 2.34. The lowest BCUT2D eigenvalue weighted by atomic mass is 9.98. The van der Waals surface area contributed by atoms with Crippen LogP contribution in [0.4, 0.5) is 0 Å². The fraction of sp³-hybridized carbons (Fsp3) is 0.455. The molecule has 0 atom stereocenters. The highest BCUT2D eigenvalue weighted by atomic mass is 16.3. The highest BCUT2D eigenvalue weighted by molar-refractivity contribution is 5.30. The van der Waals surface area contributed by atoms with Gasteiger partial charge in [0.15, 0.2) is 0 Å². The normalized spacial score (nSPS) is 53.5. The number of hydrogen-bond donors (Lipinski definition) is 1. The molecule has 1 aliphatic rings. The molecule has 0 saturated heterocycles. The van der Waals surface area contributed by atoms with E-state index < -0.39 is 66.9 Å². The van der Waals surface area contributed by atoms with Crippen molar-refractivity contribution in [1.82, 2.24) is 0 Å². The molecule has 1 aromatic carbocycles. The van der Waals surface area contributed by atoms with Gasteiger partial charge in [0, 0.05) is 12.3 Å². The predicted molar refractivity (Wildman–Crippen MR) is 49.3 cm³/mol. The van der Waals surface area contributed by atoms with E-state index in [-0.39, 0.29) is 0 Å². The lowest BCUT2D eigenvalue weighted by molar-refractivity contribution is 0.473. The topological polar surface area (TPSA) is 20.2 Å². The molecule has 1 heteroatoms. The second-order valence-electron chi connectivity index (χ2n) is 2.10. The molecule has 12 heavy (non-hydrogen) atoms. The van der Waals surface area contributed by atoms with Crippen LogP contribution in [0.15, 0.2) is 24.2 Å². The maximum absolute atomic E-state index is 9.77. The first-order chi connectivity index (χ1) is 10.9. The number of phenolic OH excluding ortho intramolecular Hbond substituents is 1. The van der Waals surface area contributed by atoms with Crippen molar-refractivity contribution < 1.29 is 22.9 Å². The SMILES string of the molecule is [2H]c1c([2H])c(O)c([2H])c(C2([2H])C([2H])([2H])C([2H])([2H])C([2H])([2H])C2([2H])[2H])c1[2H]. The van der Waals surface area contributed by atoms with Gasteiger partial charge in [-0.25, -0.2) is 0 Å². The molecule has 0 unspecified atom stereocenters. The number of aromatic hydroxyl groups is 1. The summed E-state index contributed by atoms with van der Waals surface area (Å²) in [5.74, 6) is -4.66. The van der Waals surface area contributed by atoms with Gasteiger partial charge in [0.2, 0.25) is 0 Å². The molecular weight excluding hydrogens is 148 g/mol. The molecule has 0 bridgehead atoms. The molecule has 1 N–H and O–H groups in total. The van der Waals surface area contributed by atoms with E-state index in [2.05, 4.69) is 0 Å². The summed E-state index contributed by atoms with van der Waals surface area (Å²) in [7, 11) is 0. The monoisotopic (exact) mass is 175 g/mol. The van der Waals surface area contributed by atoms with Crippen LogP contribution in [0, 0.1) is 0 Å². The molecule has 64 valence electrons. The van der Waals surface area contributed by atoms with Gasteiger partial charge < -0.3 is 5.11 Å². The Balaban J connectivity index is 3.06. The third kappa shape index (κ3) is 1.45. The van der Waals surface area contributed by atoms with Gasteiger partial charge >= 0.3 is 0 Å². The van der Waals surface area contributed by atoms with Crippen LogP contribution in [-0.2, 0) is 0 Å². The third-order valence-corrected chi connectivity index (χ3v) is 1.30. The van der Waals surface area contributed by atoms with Crippen molar-refractivity contribution in [2.45, 2.75) is 31.4 Å². The van der Waals surface area contributed by atoms with E-state index in [1.54, 1.807) is 0 Å². The van der Waals surface area contributed by atoms with E-state index in [9.17, 15) is 5.11 Å². The minimum absolute atomic E-state index is 0.951. The van der Waals surface area contributed by atoms with Crippen LogP contribution in [0.5, 0.6) is 5.75 Å². The van der Waals surface area contributed by atoms with Crippen molar-refractivity contribution in [2.75, 3.05) is 0 Å². The first-order valence-electron chi connectivity index (χ1n) is 9.72. The zero-order valence-electron chi connectivity index (χ0n) is 18.9. The lowest BCUT2D eigenvalue weighted by Crippen LogP contribution is -1.90. The fourth-order valence-electron chi connectivity index (χ4n) is 0.803. The Morgan fingerprint density at radius 2 is 2.25 bits per heavy atom. The number of hydrogen-bond acceptors (Lipinski definition) is 1. The predicted octanol–water partition coefficient (Wildman–Crippen LogP) is 3.05. The Kier molecular flexibility index (Phi) is 0.468. The summed E-state index contributed by atoms with van der Waals surface area (Å²) in [4.78, 5) is 0. The molecule has 1 aromatic rings. The minimum Gasteiger partial charge on any atom is -0.508 e. The molecule has 0 amide bonds. The average Bonchev–Trinajstić information content (AvgIpc) is 2.53. The van der Waals surface area contributed by atoms with Crippen LogP contribution in [0.25, 0.3) is 0 Å². The molecule has 1 aliphatic carbocycles. The zero-order valence-corrected chi connectivity index (χ0v) is 5.95. The second-order valence-corrected chi connectivity index (χ2v) is 2.10. The summed E-state index contributed by atoms with van der Waals surface area (Å²) in [6, 6.07) is -4.24.